The van der Waals surface area contributed by atoms with Crippen molar-refractivity contribution < 1.29 is 4.79 Å². The smallest absolute Gasteiger partial charge is 0.241 e. The van der Waals surface area contributed by atoms with Crippen LogP contribution in [0.4, 0.5) is 5.69 Å². The molecule has 0 saturated carbocycles. The van der Waals surface area contributed by atoms with E-state index in [9.17, 15) is 4.79 Å². The molecule has 110 valence electrons. The lowest BCUT2D eigenvalue weighted by molar-refractivity contribution is -0.119. The summed E-state index contributed by atoms with van der Waals surface area (Å²) in [4.78, 5) is 13.6. The van der Waals surface area contributed by atoms with Gasteiger partial charge in [-0.25, -0.2) is 0 Å². The maximum Gasteiger partial charge on any atom is 0.241 e. The maximum atomic E-state index is 12.5. The number of carbonyl (C=O) groups excluding carboxylic acids is 1. The van der Waals surface area contributed by atoms with Gasteiger partial charge in [-0.1, -0.05) is 31.2 Å². The Kier molecular flexibility index (Phi) is 4.36. The number of carbonyl (C=O) groups is 1. The lowest BCUT2D eigenvalue weighted by atomic mass is 9.94. The molecule has 1 fully saturated rings. The molecule has 1 aromatic heterocycles. The quantitative estimate of drug-likeness (QED) is 0.906. The van der Waals surface area contributed by atoms with Gasteiger partial charge in [-0.3, -0.25) is 4.79 Å². The maximum absolute atomic E-state index is 12.5. The molecule has 2 N–H and O–H groups in total. The summed E-state index contributed by atoms with van der Waals surface area (Å²) in [5.74, 6) is 0.681. The second-order valence-corrected chi connectivity index (χ2v) is 6.60. The van der Waals surface area contributed by atoms with Gasteiger partial charge >= 0.3 is 0 Å². The average molecular weight is 300 g/mol. The minimum Gasteiger partial charge on any atom is -0.324 e. The Balaban J connectivity index is 1.77. The molecule has 3 nitrogen and oxygen atoms in total. The molecule has 1 amide bonds. The predicted octanol–water partition coefficient (Wildman–Crippen LogP) is 3.74. The molecule has 1 aliphatic rings. The summed E-state index contributed by atoms with van der Waals surface area (Å²) in [5, 5.41) is 8.46. The van der Waals surface area contributed by atoms with Crippen LogP contribution in [0.5, 0.6) is 0 Å². The largest absolute Gasteiger partial charge is 0.324 e. The predicted molar refractivity (Wildman–Crippen MR) is 88.6 cm³/mol. The first kappa shape index (κ1) is 14.3. The van der Waals surface area contributed by atoms with Crippen LogP contribution in [0.3, 0.4) is 0 Å². The zero-order valence-corrected chi connectivity index (χ0v) is 13.0. The van der Waals surface area contributed by atoms with Crippen LogP contribution in [0.15, 0.2) is 41.8 Å². The van der Waals surface area contributed by atoms with E-state index < -0.39 is 0 Å². The average Bonchev–Trinajstić information content (AvgIpc) is 3.02. The number of thiophene rings is 1. The first-order valence-corrected chi connectivity index (χ1v) is 8.29. The Morgan fingerprint density at radius 2 is 2.14 bits per heavy atom. The van der Waals surface area contributed by atoms with Gasteiger partial charge in [0.25, 0.3) is 0 Å². The van der Waals surface area contributed by atoms with Crippen LogP contribution in [0, 0.1) is 5.92 Å². The number of benzene rings is 1. The van der Waals surface area contributed by atoms with Crippen molar-refractivity contribution >= 4 is 22.9 Å². The molecule has 0 radical (unpaired) electrons. The van der Waals surface area contributed by atoms with Gasteiger partial charge in [0.15, 0.2) is 0 Å². The van der Waals surface area contributed by atoms with Crippen molar-refractivity contribution in [2.24, 2.45) is 5.92 Å². The molecule has 0 spiro atoms. The molecule has 0 bridgehead atoms. The number of rotatable bonds is 3. The van der Waals surface area contributed by atoms with Gasteiger partial charge in [-0.15, -0.1) is 11.3 Å². The molecular formula is C17H20N2OS. The summed E-state index contributed by atoms with van der Waals surface area (Å²) in [6.45, 7) is 3.13. The molecule has 2 heterocycles. The first-order chi connectivity index (χ1) is 10.2. The third kappa shape index (κ3) is 3.34. The van der Waals surface area contributed by atoms with Crippen LogP contribution in [-0.2, 0) is 4.79 Å². The molecule has 2 unspecified atom stereocenters. The topological polar surface area (TPSA) is 41.1 Å². The lowest BCUT2D eigenvalue weighted by Gasteiger charge is -2.27. The first-order valence-electron chi connectivity index (χ1n) is 7.41. The number of para-hydroxylation sites is 1. The van der Waals surface area contributed by atoms with Crippen LogP contribution in [0.1, 0.15) is 19.8 Å². The summed E-state index contributed by atoms with van der Waals surface area (Å²) in [6.07, 6.45) is 2.06. The monoisotopic (exact) mass is 300 g/mol. The van der Waals surface area contributed by atoms with Gasteiger partial charge in [-0.2, -0.15) is 0 Å². The van der Waals surface area contributed by atoms with E-state index in [2.05, 4.69) is 35.1 Å². The number of piperidine rings is 1. The van der Waals surface area contributed by atoms with Crippen LogP contribution < -0.4 is 10.6 Å². The lowest BCUT2D eigenvalue weighted by Crippen LogP contribution is -2.45. The zero-order valence-electron chi connectivity index (χ0n) is 12.1. The van der Waals surface area contributed by atoms with Gasteiger partial charge < -0.3 is 10.6 Å². The molecule has 21 heavy (non-hydrogen) atoms. The minimum absolute atomic E-state index is 0.0746. The number of nitrogens with one attached hydrogen (secondary N) is 2. The SMILES string of the molecule is CC1CCNC(C(=O)Nc2ccccc2-c2cccs2)C1. The van der Waals surface area contributed by atoms with Crippen molar-refractivity contribution in [1.29, 1.82) is 0 Å². The second kappa shape index (κ2) is 6.41. The molecule has 0 aliphatic carbocycles. The number of hydrogen-bond acceptors (Lipinski definition) is 3. The van der Waals surface area contributed by atoms with Crippen molar-refractivity contribution in [3.8, 4) is 10.4 Å². The van der Waals surface area contributed by atoms with Crippen LogP contribution in [-0.4, -0.2) is 18.5 Å². The third-order valence-corrected chi connectivity index (χ3v) is 4.86. The van der Waals surface area contributed by atoms with Crippen molar-refractivity contribution in [2.45, 2.75) is 25.8 Å². The van der Waals surface area contributed by atoms with E-state index in [0.29, 0.717) is 5.92 Å². The summed E-state index contributed by atoms with van der Waals surface area (Å²) >= 11 is 1.69. The Bertz CT molecular complexity index is 609. The Morgan fingerprint density at radius 3 is 2.90 bits per heavy atom. The van der Waals surface area contributed by atoms with Gasteiger partial charge in [0.2, 0.25) is 5.91 Å². The molecule has 1 aromatic carbocycles. The molecule has 2 atom stereocenters. The fourth-order valence-corrected chi connectivity index (χ4v) is 3.53. The highest BCUT2D eigenvalue weighted by Gasteiger charge is 2.25. The molecular weight excluding hydrogens is 280 g/mol. The highest BCUT2D eigenvalue weighted by atomic mass is 32.1. The van der Waals surface area contributed by atoms with Gasteiger partial charge in [0.1, 0.15) is 0 Å². The summed E-state index contributed by atoms with van der Waals surface area (Å²) in [6, 6.07) is 12.0. The van der Waals surface area contributed by atoms with E-state index in [-0.39, 0.29) is 11.9 Å². The number of hydrogen-bond donors (Lipinski definition) is 2. The van der Waals surface area contributed by atoms with Crippen molar-refractivity contribution in [1.82, 2.24) is 5.32 Å². The second-order valence-electron chi connectivity index (χ2n) is 5.65. The van der Waals surface area contributed by atoms with E-state index in [1.165, 1.54) is 4.88 Å². The normalized spacial score (nSPS) is 22.0. The Hall–Kier alpha value is -1.65. The van der Waals surface area contributed by atoms with Gasteiger partial charge in [0, 0.05) is 16.1 Å². The molecule has 4 heteroatoms. The van der Waals surface area contributed by atoms with Crippen molar-refractivity contribution in [3.63, 3.8) is 0 Å². The third-order valence-electron chi connectivity index (χ3n) is 3.95. The molecule has 2 aromatic rings. The standard InChI is InChI=1S/C17H20N2OS/c1-12-8-9-18-15(11-12)17(20)19-14-6-3-2-5-13(14)16-7-4-10-21-16/h2-7,10,12,15,18H,8-9,11H2,1H3,(H,19,20). The van der Waals surface area contributed by atoms with E-state index in [4.69, 9.17) is 0 Å². The zero-order chi connectivity index (χ0) is 14.7. The van der Waals surface area contributed by atoms with Gasteiger partial charge in [0.05, 0.1) is 6.04 Å². The van der Waals surface area contributed by atoms with E-state index in [0.717, 1.165) is 30.6 Å². The van der Waals surface area contributed by atoms with Crippen LogP contribution in [0.2, 0.25) is 0 Å². The van der Waals surface area contributed by atoms with Crippen LogP contribution >= 0.6 is 11.3 Å². The summed E-state index contributed by atoms with van der Waals surface area (Å²) in [5.41, 5.74) is 1.98. The minimum atomic E-state index is -0.0786. The van der Waals surface area contributed by atoms with E-state index in [1.807, 2.05) is 24.3 Å². The highest BCUT2D eigenvalue weighted by molar-refractivity contribution is 7.13. The molecule has 3 rings (SSSR count). The Morgan fingerprint density at radius 1 is 1.29 bits per heavy atom. The number of anilines is 1. The van der Waals surface area contributed by atoms with Gasteiger partial charge in [-0.05, 0) is 42.8 Å². The van der Waals surface area contributed by atoms with Crippen molar-refractivity contribution in [2.75, 3.05) is 11.9 Å². The Labute approximate surface area is 129 Å². The van der Waals surface area contributed by atoms with Crippen LogP contribution in [0.25, 0.3) is 10.4 Å². The fraction of sp³-hybridized carbons (Fsp3) is 0.353. The van der Waals surface area contributed by atoms with E-state index >= 15 is 0 Å². The number of amides is 1. The van der Waals surface area contributed by atoms with Crippen molar-refractivity contribution in [3.05, 3.63) is 41.8 Å². The fourth-order valence-electron chi connectivity index (χ4n) is 2.77. The highest BCUT2D eigenvalue weighted by Crippen LogP contribution is 2.31. The summed E-state index contributed by atoms with van der Waals surface area (Å²) in [7, 11) is 0. The molecule has 1 saturated heterocycles. The molecule has 1 aliphatic heterocycles. The van der Waals surface area contributed by atoms with E-state index in [1.54, 1.807) is 11.3 Å². The summed E-state index contributed by atoms with van der Waals surface area (Å²) < 4.78 is 0.